The molecule has 0 aliphatic rings. The molecule has 1 N–H and O–H groups in total. The summed E-state index contributed by atoms with van der Waals surface area (Å²) in [7, 11) is -3.56. The molecule has 0 spiro atoms. The van der Waals surface area contributed by atoms with E-state index in [1.54, 1.807) is 6.92 Å². The van der Waals surface area contributed by atoms with Gasteiger partial charge >= 0.3 is 5.97 Å². The molecule has 14 heavy (non-hydrogen) atoms. The van der Waals surface area contributed by atoms with Gasteiger partial charge in [0.25, 0.3) is 0 Å². The van der Waals surface area contributed by atoms with E-state index in [-0.39, 0.29) is 13.2 Å². The number of hydrogen-bond acceptors (Lipinski definition) is 4. The van der Waals surface area contributed by atoms with E-state index in [1.807, 2.05) is 0 Å². The molecule has 0 heterocycles. The molecule has 7 heteroatoms. The second-order valence-electron chi connectivity index (χ2n) is 2.50. The topological polar surface area (TPSA) is 72.5 Å². The number of halogens is 1. The van der Waals surface area contributed by atoms with Crippen LogP contribution in [-0.4, -0.2) is 39.2 Å². The molecule has 0 unspecified atom stereocenters. The second kappa shape index (κ2) is 7.03. The largest absolute Gasteiger partial charge is 0.465 e. The maximum Gasteiger partial charge on any atom is 0.322 e. The van der Waals surface area contributed by atoms with Crippen LogP contribution in [0.2, 0.25) is 0 Å². The fraction of sp³-hybridized carbons (Fsp3) is 0.857. The summed E-state index contributed by atoms with van der Waals surface area (Å²) >= 11 is 5.36. The van der Waals surface area contributed by atoms with Crippen molar-refractivity contribution in [3.8, 4) is 0 Å². The minimum Gasteiger partial charge on any atom is -0.465 e. The Kier molecular flexibility index (Phi) is 6.86. The number of carbonyl (C=O) groups is 1. The van der Waals surface area contributed by atoms with Gasteiger partial charge in [-0.05, 0) is 13.3 Å². The molecule has 0 aliphatic carbocycles. The average Bonchev–Trinajstić information content (AvgIpc) is 2.03. The van der Waals surface area contributed by atoms with Gasteiger partial charge in [-0.15, -0.1) is 11.6 Å². The molecule has 0 aromatic rings. The normalized spacial score (nSPS) is 11.3. The molecular weight excluding hydrogens is 230 g/mol. The van der Waals surface area contributed by atoms with Crippen molar-refractivity contribution < 1.29 is 17.9 Å². The van der Waals surface area contributed by atoms with Crippen LogP contribution >= 0.6 is 11.6 Å². The first-order valence-electron chi connectivity index (χ1n) is 4.20. The lowest BCUT2D eigenvalue weighted by atomic mass is 10.5. The van der Waals surface area contributed by atoms with E-state index < -0.39 is 21.7 Å². The summed E-state index contributed by atoms with van der Waals surface area (Å²) in [5, 5.41) is 0. The third-order valence-corrected chi connectivity index (χ3v) is 2.77. The zero-order valence-corrected chi connectivity index (χ0v) is 9.53. The van der Waals surface area contributed by atoms with Crippen molar-refractivity contribution in [3.05, 3.63) is 0 Å². The van der Waals surface area contributed by atoms with Crippen LogP contribution in [0.15, 0.2) is 0 Å². The Balaban J connectivity index is 3.89. The van der Waals surface area contributed by atoms with E-state index >= 15 is 0 Å². The van der Waals surface area contributed by atoms with Crippen molar-refractivity contribution in [2.45, 2.75) is 13.3 Å². The monoisotopic (exact) mass is 243 g/mol. The third kappa shape index (κ3) is 7.11. The standard InChI is InChI=1S/C7H14ClNO4S/c1-2-13-7(10)6-14(11,12)9-5-3-4-8/h9H,2-6H2,1H3. The molecule has 0 aromatic carbocycles. The number of carbonyl (C=O) groups excluding carboxylic acids is 1. The molecule has 5 nitrogen and oxygen atoms in total. The summed E-state index contributed by atoms with van der Waals surface area (Å²) in [6, 6.07) is 0. The molecule has 0 saturated carbocycles. The number of sulfonamides is 1. The Hall–Kier alpha value is -0.330. The van der Waals surface area contributed by atoms with E-state index in [9.17, 15) is 13.2 Å². The average molecular weight is 244 g/mol. The Morgan fingerprint density at radius 2 is 2.14 bits per heavy atom. The lowest BCUT2D eigenvalue weighted by Gasteiger charge is -2.04. The van der Waals surface area contributed by atoms with Gasteiger partial charge in [-0.25, -0.2) is 13.1 Å². The lowest BCUT2D eigenvalue weighted by Crippen LogP contribution is -2.31. The van der Waals surface area contributed by atoms with Gasteiger partial charge in [0.2, 0.25) is 10.0 Å². The third-order valence-electron chi connectivity index (χ3n) is 1.25. The van der Waals surface area contributed by atoms with Crippen LogP contribution in [0.25, 0.3) is 0 Å². The molecule has 0 aromatic heterocycles. The number of ether oxygens (including phenoxy) is 1. The van der Waals surface area contributed by atoms with Gasteiger partial charge in [0.1, 0.15) is 0 Å². The summed E-state index contributed by atoms with van der Waals surface area (Å²) < 4.78 is 29.0. The van der Waals surface area contributed by atoms with Crippen LogP contribution in [0.4, 0.5) is 0 Å². The van der Waals surface area contributed by atoms with Gasteiger partial charge in [0, 0.05) is 12.4 Å². The van der Waals surface area contributed by atoms with Crippen molar-refractivity contribution in [1.29, 1.82) is 0 Å². The zero-order chi connectivity index (χ0) is 11.0. The van der Waals surface area contributed by atoms with E-state index in [0.717, 1.165) is 0 Å². The number of esters is 1. The maximum atomic E-state index is 11.1. The van der Waals surface area contributed by atoms with Crippen LogP contribution in [0.3, 0.4) is 0 Å². The Labute approximate surface area is 88.8 Å². The van der Waals surface area contributed by atoms with E-state index in [1.165, 1.54) is 0 Å². The highest BCUT2D eigenvalue weighted by Crippen LogP contribution is 1.89. The first-order chi connectivity index (χ1) is 6.52. The highest BCUT2D eigenvalue weighted by atomic mass is 35.5. The van der Waals surface area contributed by atoms with Gasteiger partial charge in [0.05, 0.1) is 6.61 Å². The lowest BCUT2D eigenvalue weighted by molar-refractivity contribution is -0.139. The summed E-state index contributed by atoms with van der Waals surface area (Å²) in [5.41, 5.74) is 0. The Bertz CT molecular complexity index is 265. The highest BCUT2D eigenvalue weighted by Gasteiger charge is 2.16. The molecule has 0 bridgehead atoms. The van der Waals surface area contributed by atoms with Crippen molar-refractivity contribution in [3.63, 3.8) is 0 Å². The van der Waals surface area contributed by atoms with Crippen LogP contribution in [0, 0.1) is 0 Å². The van der Waals surface area contributed by atoms with Crippen LogP contribution < -0.4 is 4.72 Å². The van der Waals surface area contributed by atoms with E-state index in [4.69, 9.17) is 11.6 Å². The molecular formula is C7H14ClNO4S. The summed E-state index contributed by atoms with van der Waals surface area (Å²) in [5.74, 6) is -1.00. The molecule has 0 rings (SSSR count). The molecule has 0 radical (unpaired) electrons. The first-order valence-corrected chi connectivity index (χ1v) is 6.39. The fourth-order valence-electron chi connectivity index (χ4n) is 0.703. The van der Waals surface area contributed by atoms with Gasteiger partial charge in [-0.2, -0.15) is 0 Å². The quantitative estimate of drug-likeness (QED) is 0.391. The Morgan fingerprint density at radius 3 is 2.64 bits per heavy atom. The number of rotatable bonds is 7. The molecule has 0 aliphatic heterocycles. The maximum absolute atomic E-state index is 11.1. The molecule has 0 amide bonds. The van der Waals surface area contributed by atoms with Gasteiger partial charge < -0.3 is 4.74 Å². The number of alkyl halides is 1. The van der Waals surface area contributed by atoms with E-state index in [0.29, 0.717) is 12.3 Å². The first kappa shape index (κ1) is 13.7. The van der Waals surface area contributed by atoms with Crippen LogP contribution in [0.1, 0.15) is 13.3 Å². The molecule has 84 valence electrons. The zero-order valence-electron chi connectivity index (χ0n) is 7.95. The summed E-state index contributed by atoms with van der Waals surface area (Å²) in [6.45, 7) is 2.03. The minimum absolute atomic E-state index is 0.177. The van der Waals surface area contributed by atoms with Crippen molar-refractivity contribution in [1.82, 2.24) is 4.72 Å². The Morgan fingerprint density at radius 1 is 1.50 bits per heavy atom. The van der Waals surface area contributed by atoms with Gasteiger partial charge in [-0.3, -0.25) is 4.79 Å². The van der Waals surface area contributed by atoms with E-state index in [2.05, 4.69) is 9.46 Å². The highest BCUT2D eigenvalue weighted by molar-refractivity contribution is 7.90. The predicted octanol–water partition coefficient (Wildman–Crippen LogP) is 0.0978. The van der Waals surface area contributed by atoms with Gasteiger partial charge in [0.15, 0.2) is 5.75 Å². The second-order valence-corrected chi connectivity index (χ2v) is 4.69. The van der Waals surface area contributed by atoms with Crippen LogP contribution in [-0.2, 0) is 19.6 Å². The molecule has 0 atom stereocenters. The molecule has 0 saturated heterocycles. The fourth-order valence-corrected chi connectivity index (χ4v) is 1.79. The smallest absolute Gasteiger partial charge is 0.322 e. The van der Waals surface area contributed by atoms with Crippen molar-refractivity contribution in [2.24, 2.45) is 0 Å². The molecule has 0 fully saturated rings. The minimum atomic E-state index is -3.56. The summed E-state index contributed by atoms with van der Waals surface area (Å²) in [4.78, 5) is 10.8. The summed E-state index contributed by atoms with van der Waals surface area (Å²) in [6.07, 6.45) is 0.531. The van der Waals surface area contributed by atoms with Crippen LogP contribution in [0.5, 0.6) is 0 Å². The number of hydrogen-bond donors (Lipinski definition) is 1. The predicted molar refractivity (Wildman–Crippen MR) is 53.8 cm³/mol. The SMILES string of the molecule is CCOC(=O)CS(=O)(=O)NCCCCl. The van der Waals surface area contributed by atoms with Crippen molar-refractivity contribution >= 4 is 27.6 Å². The van der Waals surface area contributed by atoms with Crippen molar-refractivity contribution in [2.75, 3.05) is 24.8 Å². The number of nitrogens with one attached hydrogen (secondary N) is 1. The van der Waals surface area contributed by atoms with Gasteiger partial charge in [-0.1, -0.05) is 0 Å².